The van der Waals surface area contributed by atoms with Crippen LogP contribution in [0.1, 0.15) is 25.3 Å². The van der Waals surface area contributed by atoms with Crippen molar-refractivity contribution in [2.75, 3.05) is 56.0 Å². The van der Waals surface area contributed by atoms with Crippen LogP contribution in [0.2, 0.25) is 0 Å². The number of anilines is 2. The summed E-state index contributed by atoms with van der Waals surface area (Å²) in [6.07, 6.45) is 2.52. The summed E-state index contributed by atoms with van der Waals surface area (Å²) < 4.78 is 0. The van der Waals surface area contributed by atoms with Gasteiger partial charge in [0.2, 0.25) is 5.91 Å². The van der Waals surface area contributed by atoms with E-state index in [0.29, 0.717) is 6.54 Å². The van der Waals surface area contributed by atoms with Crippen molar-refractivity contribution in [2.45, 2.75) is 26.3 Å². The van der Waals surface area contributed by atoms with Crippen molar-refractivity contribution < 1.29 is 4.79 Å². The lowest BCUT2D eigenvalue weighted by Crippen LogP contribution is -2.48. The highest BCUT2D eigenvalue weighted by Gasteiger charge is 2.19. The van der Waals surface area contributed by atoms with Gasteiger partial charge in [-0.15, -0.1) is 0 Å². The van der Waals surface area contributed by atoms with Crippen LogP contribution in [0.3, 0.4) is 0 Å². The average Bonchev–Trinajstić information content (AvgIpc) is 2.77. The molecule has 0 aliphatic carbocycles. The number of nitrogens with zero attached hydrogens (tertiary/aromatic N) is 3. The van der Waals surface area contributed by atoms with Crippen molar-refractivity contribution in [3.05, 3.63) is 60.2 Å². The third-order valence-electron chi connectivity index (χ3n) is 6.38. The second kappa shape index (κ2) is 10.1. The number of piperidine rings is 1. The summed E-state index contributed by atoms with van der Waals surface area (Å²) in [5, 5.41) is 3.06. The predicted octanol–water partition coefficient (Wildman–Crippen LogP) is 3.68. The molecule has 0 bridgehead atoms. The zero-order valence-corrected chi connectivity index (χ0v) is 18.1. The Morgan fingerprint density at radius 1 is 0.867 bits per heavy atom. The maximum atomic E-state index is 12.5. The van der Waals surface area contributed by atoms with E-state index in [1.807, 2.05) is 12.1 Å². The molecule has 30 heavy (non-hydrogen) atoms. The first-order chi connectivity index (χ1) is 14.7. The van der Waals surface area contributed by atoms with Crippen LogP contribution in [0.25, 0.3) is 0 Å². The lowest BCUT2D eigenvalue weighted by Gasteiger charge is -2.34. The molecule has 0 unspecified atom stereocenters. The molecule has 1 amide bonds. The number of piperazine rings is 1. The van der Waals surface area contributed by atoms with Crippen LogP contribution in [0.5, 0.6) is 0 Å². The molecule has 5 heteroatoms. The van der Waals surface area contributed by atoms with E-state index in [4.69, 9.17) is 0 Å². The smallest absolute Gasteiger partial charge is 0.238 e. The molecule has 4 rings (SSSR count). The third kappa shape index (κ3) is 5.83. The molecule has 2 aromatic carbocycles. The van der Waals surface area contributed by atoms with E-state index < -0.39 is 0 Å². The Morgan fingerprint density at radius 2 is 1.50 bits per heavy atom. The van der Waals surface area contributed by atoms with Crippen LogP contribution in [-0.2, 0) is 11.3 Å². The fourth-order valence-corrected chi connectivity index (χ4v) is 4.37. The van der Waals surface area contributed by atoms with Gasteiger partial charge in [-0.1, -0.05) is 37.3 Å². The molecule has 0 saturated carbocycles. The number of benzene rings is 2. The quantitative estimate of drug-likeness (QED) is 0.794. The van der Waals surface area contributed by atoms with E-state index in [9.17, 15) is 4.79 Å². The van der Waals surface area contributed by atoms with Gasteiger partial charge >= 0.3 is 0 Å². The van der Waals surface area contributed by atoms with Crippen LogP contribution in [-0.4, -0.2) is 61.5 Å². The second-order valence-corrected chi connectivity index (χ2v) is 8.80. The Hall–Kier alpha value is -2.37. The summed E-state index contributed by atoms with van der Waals surface area (Å²) in [4.78, 5) is 19.7. The summed E-state index contributed by atoms with van der Waals surface area (Å²) >= 11 is 0. The Balaban J connectivity index is 1.19. The number of carbonyl (C=O) groups is 1. The summed E-state index contributed by atoms with van der Waals surface area (Å²) in [5.41, 5.74) is 3.50. The number of amides is 1. The first-order valence-corrected chi connectivity index (χ1v) is 11.3. The van der Waals surface area contributed by atoms with Gasteiger partial charge in [0.15, 0.2) is 0 Å². The van der Waals surface area contributed by atoms with Crippen molar-refractivity contribution in [1.82, 2.24) is 9.80 Å². The van der Waals surface area contributed by atoms with Gasteiger partial charge in [-0.05, 0) is 48.6 Å². The fraction of sp³-hybridized carbons (Fsp3) is 0.480. The predicted molar refractivity (Wildman–Crippen MR) is 124 cm³/mol. The Kier molecular flexibility index (Phi) is 7.03. The molecule has 160 valence electrons. The second-order valence-electron chi connectivity index (χ2n) is 8.80. The van der Waals surface area contributed by atoms with E-state index in [0.717, 1.165) is 57.4 Å². The van der Waals surface area contributed by atoms with Gasteiger partial charge in [0.1, 0.15) is 0 Å². The molecule has 2 heterocycles. The van der Waals surface area contributed by atoms with E-state index in [1.165, 1.54) is 24.1 Å². The van der Waals surface area contributed by atoms with Gasteiger partial charge in [-0.3, -0.25) is 14.6 Å². The first kappa shape index (κ1) is 20.9. The lowest BCUT2D eigenvalue weighted by molar-refractivity contribution is -0.117. The van der Waals surface area contributed by atoms with Crippen LogP contribution in [0, 0.1) is 5.92 Å². The summed E-state index contributed by atoms with van der Waals surface area (Å²) in [5.74, 6) is 0.908. The van der Waals surface area contributed by atoms with Crippen molar-refractivity contribution in [3.8, 4) is 0 Å². The largest absolute Gasteiger partial charge is 0.372 e. The molecule has 2 fully saturated rings. The summed E-state index contributed by atoms with van der Waals surface area (Å²) in [7, 11) is 0. The number of rotatable bonds is 6. The van der Waals surface area contributed by atoms with Crippen LogP contribution < -0.4 is 10.2 Å². The zero-order chi connectivity index (χ0) is 20.8. The molecule has 2 aliphatic rings. The molecule has 5 nitrogen and oxygen atoms in total. The van der Waals surface area contributed by atoms with E-state index >= 15 is 0 Å². The van der Waals surface area contributed by atoms with Gasteiger partial charge in [-0.2, -0.15) is 0 Å². The average molecular weight is 407 g/mol. The normalized spacial score (nSPS) is 19.0. The Bertz CT molecular complexity index is 792. The maximum absolute atomic E-state index is 12.5. The Morgan fingerprint density at radius 3 is 2.17 bits per heavy atom. The van der Waals surface area contributed by atoms with Crippen LogP contribution in [0.4, 0.5) is 11.4 Å². The zero-order valence-electron chi connectivity index (χ0n) is 18.1. The highest BCUT2D eigenvalue weighted by Crippen LogP contribution is 2.24. The molecule has 0 atom stereocenters. The molecule has 1 N–H and O–H groups in total. The van der Waals surface area contributed by atoms with Gasteiger partial charge in [0.25, 0.3) is 0 Å². The number of carbonyl (C=O) groups excluding carboxylic acids is 1. The van der Waals surface area contributed by atoms with Crippen molar-refractivity contribution >= 4 is 17.3 Å². The molecular formula is C25H34N4O. The summed E-state index contributed by atoms with van der Waals surface area (Å²) in [6.45, 7) is 9.93. The van der Waals surface area contributed by atoms with E-state index in [-0.39, 0.29) is 5.91 Å². The SMILES string of the molecule is CC1CCN(c2ccc(NC(=O)CN3CCN(Cc4ccccc4)CC3)cc2)CC1. The summed E-state index contributed by atoms with van der Waals surface area (Å²) in [6, 6.07) is 18.9. The van der Waals surface area contributed by atoms with Gasteiger partial charge in [-0.25, -0.2) is 0 Å². The molecule has 2 aliphatic heterocycles. The maximum Gasteiger partial charge on any atom is 0.238 e. The molecule has 0 radical (unpaired) electrons. The first-order valence-electron chi connectivity index (χ1n) is 11.3. The molecular weight excluding hydrogens is 372 g/mol. The van der Waals surface area contributed by atoms with Crippen molar-refractivity contribution in [3.63, 3.8) is 0 Å². The number of nitrogens with one attached hydrogen (secondary N) is 1. The lowest BCUT2D eigenvalue weighted by atomic mass is 9.99. The highest BCUT2D eigenvalue weighted by molar-refractivity contribution is 5.92. The van der Waals surface area contributed by atoms with Crippen molar-refractivity contribution in [2.24, 2.45) is 5.92 Å². The minimum Gasteiger partial charge on any atom is -0.372 e. The van der Waals surface area contributed by atoms with Crippen LogP contribution in [0.15, 0.2) is 54.6 Å². The molecule has 0 spiro atoms. The van der Waals surface area contributed by atoms with Gasteiger partial charge in [0.05, 0.1) is 6.54 Å². The van der Waals surface area contributed by atoms with Gasteiger partial charge in [0, 0.05) is 57.2 Å². The standard InChI is InChI=1S/C25H34N4O/c1-21-11-13-29(14-12-21)24-9-7-23(8-10-24)26-25(30)20-28-17-15-27(16-18-28)19-22-5-3-2-4-6-22/h2-10,21H,11-20H2,1H3,(H,26,30). The molecule has 0 aromatic heterocycles. The van der Waals surface area contributed by atoms with Crippen molar-refractivity contribution in [1.29, 1.82) is 0 Å². The van der Waals surface area contributed by atoms with Crippen LogP contribution >= 0.6 is 0 Å². The topological polar surface area (TPSA) is 38.8 Å². The third-order valence-corrected chi connectivity index (χ3v) is 6.38. The minimum absolute atomic E-state index is 0.0751. The monoisotopic (exact) mass is 406 g/mol. The fourth-order valence-electron chi connectivity index (χ4n) is 4.37. The van der Waals surface area contributed by atoms with E-state index in [2.05, 4.69) is 69.4 Å². The van der Waals surface area contributed by atoms with Gasteiger partial charge < -0.3 is 10.2 Å². The number of hydrogen-bond acceptors (Lipinski definition) is 4. The minimum atomic E-state index is 0.0751. The number of hydrogen-bond donors (Lipinski definition) is 1. The molecule has 2 aromatic rings. The molecule has 2 saturated heterocycles. The highest BCUT2D eigenvalue weighted by atomic mass is 16.2. The Labute approximate surface area is 180 Å². The van der Waals surface area contributed by atoms with E-state index in [1.54, 1.807) is 0 Å².